The molecule has 0 radical (unpaired) electrons. The summed E-state index contributed by atoms with van der Waals surface area (Å²) in [5.74, 6) is -1.00. The number of nitrogens with two attached hydrogens (primary N) is 1. The molecular formula is C23H24BrFN2O2. The smallest absolute Gasteiger partial charge is 0.248 e. The summed E-state index contributed by atoms with van der Waals surface area (Å²) in [7, 11) is 0. The van der Waals surface area contributed by atoms with E-state index >= 15 is 0 Å². The lowest BCUT2D eigenvalue weighted by atomic mass is 9.96. The van der Waals surface area contributed by atoms with Gasteiger partial charge in [0.1, 0.15) is 5.82 Å². The van der Waals surface area contributed by atoms with Crippen LogP contribution in [0.1, 0.15) is 59.2 Å². The predicted octanol–water partition coefficient (Wildman–Crippen LogP) is 5.48. The summed E-state index contributed by atoms with van der Waals surface area (Å²) < 4.78 is 17.2. The van der Waals surface area contributed by atoms with Crippen LogP contribution in [0.3, 0.4) is 0 Å². The molecule has 0 aliphatic heterocycles. The van der Waals surface area contributed by atoms with E-state index in [1.807, 2.05) is 25.3 Å². The molecule has 3 aromatic rings. The summed E-state index contributed by atoms with van der Waals surface area (Å²) in [5, 5.41) is 0.773. The molecular weight excluding hydrogens is 435 g/mol. The highest BCUT2D eigenvalue weighted by Crippen LogP contribution is 2.32. The van der Waals surface area contributed by atoms with Gasteiger partial charge in [-0.1, -0.05) is 55.3 Å². The van der Waals surface area contributed by atoms with Gasteiger partial charge >= 0.3 is 0 Å². The van der Waals surface area contributed by atoms with Crippen LogP contribution in [0.4, 0.5) is 4.39 Å². The van der Waals surface area contributed by atoms with Crippen LogP contribution in [-0.4, -0.2) is 16.3 Å². The van der Waals surface area contributed by atoms with Gasteiger partial charge in [-0.3, -0.25) is 9.59 Å². The topological polar surface area (TPSA) is 65.1 Å². The van der Waals surface area contributed by atoms with Crippen LogP contribution in [-0.2, 0) is 13.0 Å². The average molecular weight is 459 g/mol. The van der Waals surface area contributed by atoms with Crippen molar-refractivity contribution < 1.29 is 14.0 Å². The molecule has 0 bridgehead atoms. The molecule has 0 spiro atoms. The first-order chi connectivity index (χ1) is 13.7. The molecule has 0 unspecified atom stereocenters. The fourth-order valence-corrected chi connectivity index (χ4v) is 3.95. The van der Waals surface area contributed by atoms with Crippen molar-refractivity contribution in [2.45, 2.75) is 40.2 Å². The molecule has 0 fully saturated rings. The van der Waals surface area contributed by atoms with E-state index in [1.54, 1.807) is 30.3 Å². The minimum absolute atomic E-state index is 0.0419. The Morgan fingerprint density at radius 3 is 2.48 bits per heavy atom. The largest absolute Gasteiger partial charge is 0.366 e. The fraction of sp³-hybridized carbons (Fsp3) is 0.304. The van der Waals surface area contributed by atoms with Crippen molar-refractivity contribution in [2.24, 2.45) is 11.7 Å². The van der Waals surface area contributed by atoms with Gasteiger partial charge in [-0.25, -0.2) is 4.39 Å². The molecule has 0 atom stereocenters. The number of rotatable bonds is 7. The van der Waals surface area contributed by atoms with Crippen LogP contribution in [0.2, 0.25) is 0 Å². The van der Waals surface area contributed by atoms with Crippen molar-refractivity contribution in [3.8, 4) is 0 Å². The van der Waals surface area contributed by atoms with Gasteiger partial charge in [-0.05, 0) is 30.7 Å². The summed E-state index contributed by atoms with van der Waals surface area (Å²) in [6.07, 6.45) is 1.51. The monoisotopic (exact) mass is 458 g/mol. The van der Waals surface area contributed by atoms with Crippen LogP contribution >= 0.6 is 15.9 Å². The number of aromatic nitrogens is 1. The number of primary amides is 1. The number of carbonyl (C=O) groups excluding carboxylic acids is 2. The number of halogens is 2. The van der Waals surface area contributed by atoms with Crippen molar-refractivity contribution in [1.29, 1.82) is 0 Å². The van der Waals surface area contributed by atoms with Gasteiger partial charge in [-0.2, -0.15) is 0 Å². The van der Waals surface area contributed by atoms with Gasteiger partial charge in [0.15, 0.2) is 5.78 Å². The molecule has 1 aromatic heterocycles. The van der Waals surface area contributed by atoms with Crippen molar-refractivity contribution in [2.75, 3.05) is 0 Å². The Hall–Kier alpha value is -2.47. The van der Waals surface area contributed by atoms with Gasteiger partial charge in [0.2, 0.25) is 5.91 Å². The van der Waals surface area contributed by atoms with E-state index in [0.29, 0.717) is 27.6 Å². The fourth-order valence-electron chi connectivity index (χ4n) is 3.62. The molecule has 0 saturated carbocycles. The molecule has 152 valence electrons. The minimum Gasteiger partial charge on any atom is -0.366 e. The molecule has 0 aliphatic rings. The number of hydrogen-bond donors (Lipinski definition) is 1. The Morgan fingerprint density at radius 2 is 1.90 bits per heavy atom. The highest BCUT2D eigenvalue weighted by atomic mass is 79.9. The minimum atomic E-state index is -0.539. The zero-order valence-corrected chi connectivity index (χ0v) is 18.3. The summed E-state index contributed by atoms with van der Waals surface area (Å²) >= 11 is 3.28. The molecule has 4 nitrogen and oxygen atoms in total. The van der Waals surface area contributed by atoms with E-state index in [9.17, 15) is 14.0 Å². The Morgan fingerprint density at radius 1 is 1.17 bits per heavy atom. The molecule has 0 aliphatic carbocycles. The number of hydrogen-bond acceptors (Lipinski definition) is 2. The third-order valence-corrected chi connectivity index (χ3v) is 5.55. The van der Waals surface area contributed by atoms with Crippen LogP contribution in [0.25, 0.3) is 10.9 Å². The Balaban J connectivity index is 2.32. The number of fused-ring (bicyclic) bond motifs is 1. The van der Waals surface area contributed by atoms with Crippen molar-refractivity contribution in [3.05, 3.63) is 69.1 Å². The number of benzene rings is 2. The van der Waals surface area contributed by atoms with Gasteiger partial charge in [0.25, 0.3) is 0 Å². The molecule has 2 aromatic carbocycles. The maximum Gasteiger partial charge on any atom is 0.248 e. The van der Waals surface area contributed by atoms with Crippen molar-refractivity contribution in [3.63, 3.8) is 0 Å². The second-order valence-corrected chi connectivity index (χ2v) is 8.42. The van der Waals surface area contributed by atoms with Gasteiger partial charge < -0.3 is 10.3 Å². The van der Waals surface area contributed by atoms with Gasteiger partial charge in [0.05, 0.1) is 12.1 Å². The van der Waals surface area contributed by atoms with E-state index in [0.717, 1.165) is 23.0 Å². The SMILES string of the molecule is CCCc1c(C(=O)C(C)C)c2ccc(C(N)=O)cc2n1Cc1ccc(Br)cc1F. The molecule has 0 saturated heterocycles. The number of nitrogens with zero attached hydrogens (tertiary/aromatic N) is 1. The van der Waals surface area contributed by atoms with Crippen LogP contribution in [0.15, 0.2) is 40.9 Å². The second-order valence-electron chi connectivity index (χ2n) is 7.51. The second kappa shape index (κ2) is 8.49. The molecule has 29 heavy (non-hydrogen) atoms. The third-order valence-electron chi connectivity index (χ3n) is 5.06. The lowest BCUT2D eigenvalue weighted by Gasteiger charge is -2.13. The zero-order valence-electron chi connectivity index (χ0n) is 16.8. The zero-order chi connectivity index (χ0) is 21.3. The van der Waals surface area contributed by atoms with Gasteiger partial charge in [0, 0.05) is 38.2 Å². The Kier molecular flexibility index (Phi) is 6.22. The van der Waals surface area contributed by atoms with E-state index in [4.69, 9.17) is 5.73 Å². The van der Waals surface area contributed by atoms with Crippen LogP contribution in [0.5, 0.6) is 0 Å². The van der Waals surface area contributed by atoms with Crippen molar-refractivity contribution >= 4 is 38.5 Å². The number of carbonyl (C=O) groups is 2. The van der Waals surface area contributed by atoms with E-state index in [2.05, 4.69) is 15.9 Å². The summed E-state index contributed by atoms with van der Waals surface area (Å²) in [4.78, 5) is 24.8. The first-order valence-electron chi connectivity index (χ1n) is 9.67. The molecule has 1 heterocycles. The number of amides is 1. The molecule has 1 amide bonds. The standard InChI is InChI=1S/C23H24BrFN2O2/c1-4-5-19-21(22(28)13(2)3)17-9-7-14(23(26)29)10-20(17)27(19)12-15-6-8-16(24)11-18(15)25/h6-11,13H,4-5,12H2,1-3H3,(H2,26,29). The lowest BCUT2D eigenvalue weighted by Crippen LogP contribution is -2.13. The number of Topliss-reactive ketones (excluding diaryl/α,β-unsaturated/α-hetero) is 1. The quantitative estimate of drug-likeness (QED) is 0.476. The molecule has 6 heteroatoms. The maximum absolute atomic E-state index is 14.6. The first kappa shape index (κ1) is 21.2. The van der Waals surface area contributed by atoms with Crippen molar-refractivity contribution in [1.82, 2.24) is 4.57 Å². The molecule has 3 rings (SSSR count). The summed E-state index contributed by atoms with van der Waals surface area (Å²) in [5.41, 5.74) is 8.59. The highest BCUT2D eigenvalue weighted by molar-refractivity contribution is 9.10. The molecule has 2 N–H and O–H groups in total. The maximum atomic E-state index is 14.6. The Labute approximate surface area is 178 Å². The van der Waals surface area contributed by atoms with E-state index < -0.39 is 5.91 Å². The third kappa shape index (κ3) is 4.13. The van der Waals surface area contributed by atoms with E-state index in [-0.39, 0.29) is 24.1 Å². The summed E-state index contributed by atoms with van der Waals surface area (Å²) in [6, 6.07) is 10.1. The normalized spacial score (nSPS) is 11.4. The lowest BCUT2D eigenvalue weighted by molar-refractivity contribution is 0.0939. The predicted molar refractivity (Wildman–Crippen MR) is 117 cm³/mol. The first-order valence-corrected chi connectivity index (χ1v) is 10.5. The van der Waals surface area contributed by atoms with Gasteiger partial charge in [-0.15, -0.1) is 0 Å². The van der Waals surface area contributed by atoms with Crippen LogP contribution < -0.4 is 5.73 Å². The Bertz CT molecular complexity index is 1100. The van der Waals surface area contributed by atoms with Crippen LogP contribution in [0, 0.1) is 11.7 Å². The average Bonchev–Trinajstić information content (AvgIpc) is 2.96. The van der Waals surface area contributed by atoms with E-state index in [1.165, 1.54) is 6.07 Å². The number of ketones is 1. The highest BCUT2D eigenvalue weighted by Gasteiger charge is 2.25. The summed E-state index contributed by atoms with van der Waals surface area (Å²) in [6.45, 7) is 6.04.